The number of carbonyl (C=O) groups excluding carboxylic acids is 1. The first-order chi connectivity index (χ1) is 5.84. The van der Waals surface area contributed by atoms with Crippen molar-refractivity contribution in [3.8, 4) is 0 Å². The molecule has 0 fully saturated rings. The fraction of sp³-hybridized carbons (Fsp3) is 0.900. The van der Waals surface area contributed by atoms with E-state index in [1.165, 1.54) is 13.8 Å². The van der Waals surface area contributed by atoms with Gasteiger partial charge >= 0.3 is 5.97 Å². The van der Waals surface area contributed by atoms with Gasteiger partial charge in [0.05, 0.1) is 6.61 Å². The van der Waals surface area contributed by atoms with E-state index in [4.69, 9.17) is 10.5 Å². The van der Waals surface area contributed by atoms with Crippen LogP contribution in [0, 0.1) is 5.92 Å². The predicted octanol–water partition coefficient (Wildman–Crippen LogP) is 2.03. The molecule has 0 aromatic heterocycles. The minimum absolute atomic E-state index is 0.434. The van der Waals surface area contributed by atoms with E-state index in [0.29, 0.717) is 12.5 Å². The summed E-state index contributed by atoms with van der Waals surface area (Å²) in [6.45, 7) is 7.79. The molecular weight excluding hydrogens is 166 g/mol. The van der Waals surface area contributed by atoms with Crippen molar-refractivity contribution < 1.29 is 9.53 Å². The number of ether oxygens (including phenoxy) is 1. The number of esters is 1. The van der Waals surface area contributed by atoms with Gasteiger partial charge in [-0.2, -0.15) is 0 Å². The van der Waals surface area contributed by atoms with E-state index in [0.717, 1.165) is 12.8 Å². The summed E-state index contributed by atoms with van der Waals surface area (Å²) in [6, 6.07) is 0. The lowest BCUT2D eigenvalue weighted by Crippen LogP contribution is -2.35. The first-order valence-corrected chi connectivity index (χ1v) is 4.76. The zero-order chi connectivity index (χ0) is 10.5. The molecule has 0 rings (SSSR count). The molecule has 0 aromatic rings. The van der Waals surface area contributed by atoms with Crippen LogP contribution in [-0.2, 0) is 9.53 Å². The summed E-state index contributed by atoms with van der Waals surface area (Å²) in [5.74, 6) is 0.207. The summed E-state index contributed by atoms with van der Waals surface area (Å²) < 4.78 is 4.93. The third-order valence-corrected chi connectivity index (χ3v) is 1.67. The van der Waals surface area contributed by atoms with Gasteiger partial charge in [-0.05, 0) is 32.6 Å². The Bertz CT molecular complexity index is 159. The lowest BCUT2D eigenvalue weighted by Gasteiger charge is -2.15. The molecule has 0 saturated heterocycles. The third kappa shape index (κ3) is 6.58. The predicted molar refractivity (Wildman–Crippen MR) is 52.2 cm³/mol. The minimum atomic E-state index is -1.11. The average Bonchev–Trinajstić information content (AvgIpc) is 1.95. The molecule has 0 atom stereocenters. The van der Waals surface area contributed by atoms with Crippen molar-refractivity contribution in [3.63, 3.8) is 0 Å². The van der Waals surface area contributed by atoms with Gasteiger partial charge in [-0.25, -0.2) is 5.73 Å². The highest BCUT2D eigenvalue weighted by atomic mass is 16.5. The van der Waals surface area contributed by atoms with E-state index in [1.54, 1.807) is 0 Å². The Morgan fingerprint density at radius 2 is 2.00 bits per heavy atom. The Hall–Kier alpha value is -0.570. The van der Waals surface area contributed by atoms with Gasteiger partial charge in [-0.1, -0.05) is 13.8 Å². The summed E-state index contributed by atoms with van der Waals surface area (Å²) in [5, 5.41) is 0. The van der Waals surface area contributed by atoms with Crippen LogP contribution in [-0.4, -0.2) is 18.1 Å². The van der Waals surface area contributed by atoms with E-state index in [1.807, 2.05) is 0 Å². The lowest BCUT2D eigenvalue weighted by molar-refractivity contribution is -0.149. The smallest absolute Gasteiger partial charge is 0.327 e. The van der Waals surface area contributed by atoms with Crippen molar-refractivity contribution in [2.45, 2.75) is 46.1 Å². The fourth-order valence-electron chi connectivity index (χ4n) is 0.837. The maximum atomic E-state index is 11.1. The summed E-state index contributed by atoms with van der Waals surface area (Å²) in [5.41, 5.74) is 6.27. The van der Waals surface area contributed by atoms with Gasteiger partial charge in [-0.15, -0.1) is 0 Å². The molecule has 0 amide bonds. The van der Waals surface area contributed by atoms with E-state index in [9.17, 15) is 4.79 Å². The highest BCUT2D eigenvalue weighted by Gasteiger charge is 2.24. The van der Waals surface area contributed by atoms with Gasteiger partial charge in [0.1, 0.15) is 5.54 Å². The Morgan fingerprint density at radius 3 is 2.38 bits per heavy atom. The van der Waals surface area contributed by atoms with Gasteiger partial charge in [0, 0.05) is 0 Å². The number of rotatable bonds is 5. The van der Waals surface area contributed by atoms with Crippen LogP contribution in [0.4, 0.5) is 0 Å². The monoisotopic (exact) mass is 186 g/mol. The van der Waals surface area contributed by atoms with Gasteiger partial charge in [0.2, 0.25) is 0 Å². The summed E-state index contributed by atoms with van der Waals surface area (Å²) in [4.78, 5) is 11.1. The number of hydrogen-bond donors (Lipinski definition) is 0. The molecule has 0 heterocycles. The molecule has 0 saturated carbocycles. The molecule has 0 bridgehead atoms. The molecule has 0 aliphatic heterocycles. The SMILES string of the molecule is CC(C)CCCOC(=O)C(C)(C)[NH]. The fourth-order valence-corrected chi connectivity index (χ4v) is 0.837. The van der Waals surface area contributed by atoms with E-state index in [-0.39, 0.29) is 0 Å². The van der Waals surface area contributed by atoms with Gasteiger partial charge in [0.25, 0.3) is 0 Å². The van der Waals surface area contributed by atoms with Crippen molar-refractivity contribution in [2.75, 3.05) is 6.61 Å². The Labute approximate surface area is 80.6 Å². The Balaban J connectivity index is 3.49. The van der Waals surface area contributed by atoms with Crippen LogP contribution in [0.25, 0.3) is 0 Å². The summed E-state index contributed by atoms with van der Waals surface area (Å²) in [7, 11) is 0. The van der Waals surface area contributed by atoms with Crippen LogP contribution in [0.5, 0.6) is 0 Å². The van der Waals surface area contributed by atoms with E-state index < -0.39 is 11.5 Å². The van der Waals surface area contributed by atoms with Crippen molar-refractivity contribution >= 4 is 5.97 Å². The molecule has 3 nitrogen and oxygen atoms in total. The molecule has 0 spiro atoms. The molecule has 0 aromatic carbocycles. The first-order valence-electron chi connectivity index (χ1n) is 4.76. The van der Waals surface area contributed by atoms with Crippen LogP contribution in [0.1, 0.15) is 40.5 Å². The van der Waals surface area contributed by atoms with E-state index in [2.05, 4.69) is 13.8 Å². The molecule has 0 aliphatic rings. The van der Waals surface area contributed by atoms with Gasteiger partial charge in [0.15, 0.2) is 0 Å². The van der Waals surface area contributed by atoms with Crippen molar-refractivity contribution in [2.24, 2.45) is 5.92 Å². The molecule has 13 heavy (non-hydrogen) atoms. The average molecular weight is 186 g/mol. The molecule has 1 N–H and O–H groups in total. The summed E-state index contributed by atoms with van der Waals surface area (Å²) in [6.07, 6.45) is 1.95. The minimum Gasteiger partial charge on any atom is -0.464 e. The highest BCUT2D eigenvalue weighted by molar-refractivity contribution is 5.79. The first kappa shape index (κ1) is 12.4. The second-order valence-corrected chi connectivity index (χ2v) is 4.30. The Kier molecular flexibility index (Phi) is 4.99. The second-order valence-electron chi connectivity index (χ2n) is 4.30. The van der Waals surface area contributed by atoms with Gasteiger partial charge in [-0.3, -0.25) is 4.79 Å². The van der Waals surface area contributed by atoms with Crippen molar-refractivity contribution in [1.29, 1.82) is 0 Å². The zero-order valence-corrected chi connectivity index (χ0v) is 9.02. The van der Waals surface area contributed by atoms with Gasteiger partial charge < -0.3 is 4.74 Å². The molecule has 0 aliphatic carbocycles. The number of hydrogen-bond acceptors (Lipinski definition) is 2. The quantitative estimate of drug-likeness (QED) is 0.487. The largest absolute Gasteiger partial charge is 0.464 e. The zero-order valence-electron chi connectivity index (χ0n) is 9.02. The van der Waals surface area contributed by atoms with Crippen LogP contribution < -0.4 is 5.73 Å². The maximum Gasteiger partial charge on any atom is 0.327 e. The second kappa shape index (κ2) is 5.22. The Morgan fingerprint density at radius 1 is 1.46 bits per heavy atom. The molecule has 0 unspecified atom stereocenters. The van der Waals surface area contributed by atoms with Crippen LogP contribution in [0.2, 0.25) is 0 Å². The van der Waals surface area contributed by atoms with Crippen molar-refractivity contribution in [3.05, 3.63) is 0 Å². The standard InChI is InChI=1S/C10H20NO2/c1-8(2)6-5-7-13-9(12)10(3,4)11/h8,11H,5-7H2,1-4H3. The highest BCUT2D eigenvalue weighted by Crippen LogP contribution is 2.06. The number of carbonyl (C=O) groups is 1. The molecule has 1 radical (unpaired) electrons. The molecular formula is C10H20NO2. The van der Waals surface area contributed by atoms with E-state index >= 15 is 0 Å². The maximum absolute atomic E-state index is 11.1. The van der Waals surface area contributed by atoms with Crippen LogP contribution >= 0.6 is 0 Å². The van der Waals surface area contributed by atoms with Crippen molar-refractivity contribution in [1.82, 2.24) is 5.73 Å². The number of nitrogens with one attached hydrogen (secondary N) is 1. The lowest BCUT2D eigenvalue weighted by atomic mass is 10.1. The topological polar surface area (TPSA) is 50.1 Å². The summed E-state index contributed by atoms with van der Waals surface area (Å²) >= 11 is 0. The third-order valence-electron chi connectivity index (χ3n) is 1.67. The van der Waals surface area contributed by atoms with Crippen LogP contribution in [0.3, 0.4) is 0 Å². The van der Waals surface area contributed by atoms with Crippen LogP contribution in [0.15, 0.2) is 0 Å². The molecule has 3 heteroatoms. The normalized spacial score (nSPS) is 11.8. The molecule has 77 valence electrons.